The van der Waals surface area contributed by atoms with Crippen LogP contribution in [0.4, 0.5) is 5.69 Å². The van der Waals surface area contributed by atoms with Gasteiger partial charge in [0.1, 0.15) is 17.4 Å². The second-order valence-corrected chi connectivity index (χ2v) is 7.69. The molecule has 0 aromatic heterocycles. The number of hydrogen-bond acceptors (Lipinski definition) is 3. The minimum Gasteiger partial charge on any atom is -0.496 e. The van der Waals surface area contributed by atoms with Crippen LogP contribution in [0.15, 0.2) is 66.2 Å². The smallest absolute Gasteiger partial charge is 0.266 e. The van der Waals surface area contributed by atoms with Gasteiger partial charge in [-0.25, -0.2) is 0 Å². The third kappa shape index (κ3) is 5.46. The number of benzene rings is 3. The minimum atomic E-state index is -0.507. The molecule has 0 unspecified atom stereocenters. The molecule has 0 aliphatic rings. The number of hydrogen-bond donors (Lipinski definition) is 1. The maximum absolute atomic E-state index is 12.6. The summed E-state index contributed by atoms with van der Waals surface area (Å²) >= 11 is 12.4. The standard InChI is InChI=1S/C25H20Cl2N2O2/c1-16-21(26)8-5-9-23(16)29-25(30)20(15-28)12-17-10-11-19(24(13-17)31-2)14-18-6-3-4-7-22(18)27/h3-13H,14H2,1-2H3,(H,29,30)/b20-12+. The van der Waals surface area contributed by atoms with Gasteiger partial charge in [-0.05, 0) is 59.5 Å². The van der Waals surface area contributed by atoms with Crippen molar-refractivity contribution in [1.82, 2.24) is 0 Å². The van der Waals surface area contributed by atoms with Gasteiger partial charge in [-0.1, -0.05) is 59.6 Å². The molecule has 1 N–H and O–H groups in total. The van der Waals surface area contributed by atoms with Gasteiger partial charge in [0.25, 0.3) is 5.91 Å². The number of anilines is 1. The molecular formula is C25H20Cl2N2O2. The molecule has 6 heteroatoms. The number of carbonyl (C=O) groups excluding carboxylic acids is 1. The van der Waals surface area contributed by atoms with Crippen LogP contribution in [0.25, 0.3) is 6.08 Å². The molecule has 3 aromatic rings. The molecule has 156 valence electrons. The van der Waals surface area contributed by atoms with Crippen LogP contribution < -0.4 is 10.1 Å². The first-order chi connectivity index (χ1) is 14.9. The second kappa shape index (κ2) is 10.2. The van der Waals surface area contributed by atoms with Gasteiger partial charge in [-0.2, -0.15) is 5.26 Å². The highest BCUT2D eigenvalue weighted by atomic mass is 35.5. The van der Waals surface area contributed by atoms with E-state index in [-0.39, 0.29) is 5.57 Å². The molecule has 4 nitrogen and oxygen atoms in total. The predicted molar refractivity (Wildman–Crippen MR) is 126 cm³/mol. The number of carbonyl (C=O) groups is 1. The lowest BCUT2D eigenvalue weighted by molar-refractivity contribution is -0.112. The van der Waals surface area contributed by atoms with E-state index in [0.717, 1.165) is 16.7 Å². The zero-order valence-corrected chi connectivity index (χ0v) is 18.6. The Kier molecular flexibility index (Phi) is 7.36. The van der Waals surface area contributed by atoms with E-state index < -0.39 is 5.91 Å². The summed E-state index contributed by atoms with van der Waals surface area (Å²) in [5, 5.41) is 13.5. The molecule has 0 radical (unpaired) electrons. The number of methoxy groups -OCH3 is 1. The van der Waals surface area contributed by atoms with Crippen molar-refractivity contribution in [2.24, 2.45) is 0 Å². The zero-order valence-electron chi connectivity index (χ0n) is 17.1. The quantitative estimate of drug-likeness (QED) is 0.346. The molecule has 0 bridgehead atoms. The van der Waals surface area contributed by atoms with E-state index in [9.17, 15) is 10.1 Å². The average molecular weight is 451 g/mol. The van der Waals surface area contributed by atoms with Crippen molar-refractivity contribution < 1.29 is 9.53 Å². The molecule has 0 heterocycles. The van der Waals surface area contributed by atoms with E-state index >= 15 is 0 Å². The lowest BCUT2D eigenvalue weighted by Crippen LogP contribution is -2.14. The predicted octanol–water partition coefficient (Wildman–Crippen LogP) is 6.45. The Balaban J connectivity index is 1.85. The van der Waals surface area contributed by atoms with E-state index in [0.29, 0.717) is 33.5 Å². The Morgan fingerprint density at radius 2 is 1.81 bits per heavy atom. The first-order valence-corrected chi connectivity index (χ1v) is 10.3. The lowest BCUT2D eigenvalue weighted by atomic mass is 10.0. The topological polar surface area (TPSA) is 62.1 Å². The molecule has 3 aromatic carbocycles. The van der Waals surface area contributed by atoms with Gasteiger partial charge in [-0.15, -0.1) is 0 Å². The summed E-state index contributed by atoms with van der Waals surface area (Å²) in [5.74, 6) is 0.143. The molecule has 3 rings (SSSR count). The van der Waals surface area contributed by atoms with E-state index in [1.807, 2.05) is 42.5 Å². The summed E-state index contributed by atoms with van der Waals surface area (Å²) < 4.78 is 5.53. The Hall–Kier alpha value is -3.26. The van der Waals surface area contributed by atoms with E-state index in [1.165, 1.54) is 6.08 Å². The van der Waals surface area contributed by atoms with Crippen molar-refractivity contribution in [3.05, 3.63) is 98.5 Å². The number of ether oxygens (including phenoxy) is 1. The molecule has 0 saturated heterocycles. The fourth-order valence-corrected chi connectivity index (χ4v) is 3.47. The molecule has 0 atom stereocenters. The molecule has 0 fully saturated rings. The van der Waals surface area contributed by atoms with Gasteiger partial charge in [0.2, 0.25) is 0 Å². The highest BCUT2D eigenvalue weighted by Crippen LogP contribution is 2.27. The molecule has 0 spiro atoms. The SMILES string of the molecule is COc1cc(/C=C(\C#N)C(=O)Nc2cccc(Cl)c2C)ccc1Cc1ccccc1Cl. The summed E-state index contributed by atoms with van der Waals surface area (Å²) in [4.78, 5) is 12.6. The van der Waals surface area contributed by atoms with Crippen molar-refractivity contribution in [2.45, 2.75) is 13.3 Å². The van der Waals surface area contributed by atoms with Crippen molar-refractivity contribution in [2.75, 3.05) is 12.4 Å². The van der Waals surface area contributed by atoms with Crippen LogP contribution in [-0.2, 0) is 11.2 Å². The largest absolute Gasteiger partial charge is 0.496 e. The molecule has 0 saturated carbocycles. The number of rotatable bonds is 6. The van der Waals surface area contributed by atoms with Gasteiger partial charge in [0.15, 0.2) is 0 Å². The molecular weight excluding hydrogens is 431 g/mol. The first kappa shape index (κ1) is 22.4. The maximum Gasteiger partial charge on any atom is 0.266 e. The van der Waals surface area contributed by atoms with Gasteiger partial charge in [0, 0.05) is 22.2 Å². The van der Waals surface area contributed by atoms with E-state index in [4.69, 9.17) is 27.9 Å². The molecule has 0 aliphatic carbocycles. The minimum absolute atomic E-state index is 0.0275. The zero-order chi connectivity index (χ0) is 22.4. The van der Waals surface area contributed by atoms with Crippen LogP contribution in [0.1, 0.15) is 22.3 Å². The van der Waals surface area contributed by atoms with Crippen LogP contribution in [0, 0.1) is 18.3 Å². The average Bonchev–Trinajstić information content (AvgIpc) is 2.77. The fraction of sp³-hybridized carbons (Fsp3) is 0.120. The van der Waals surface area contributed by atoms with Crippen LogP contribution in [0.3, 0.4) is 0 Å². The lowest BCUT2D eigenvalue weighted by Gasteiger charge is -2.11. The highest BCUT2D eigenvalue weighted by Gasteiger charge is 2.13. The van der Waals surface area contributed by atoms with Gasteiger partial charge in [-0.3, -0.25) is 4.79 Å². The molecule has 0 aliphatic heterocycles. The number of amides is 1. The normalized spacial score (nSPS) is 11.0. The molecule has 31 heavy (non-hydrogen) atoms. The van der Waals surface area contributed by atoms with Crippen molar-refractivity contribution in [3.8, 4) is 11.8 Å². The number of nitrogens with zero attached hydrogens (tertiary/aromatic N) is 1. The Labute approximate surface area is 191 Å². The number of nitrogens with one attached hydrogen (secondary N) is 1. The van der Waals surface area contributed by atoms with E-state index in [2.05, 4.69) is 5.32 Å². The number of nitriles is 1. The van der Waals surface area contributed by atoms with Gasteiger partial charge < -0.3 is 10.1 Å². The highest BCUT2D eigenvalue weighted by molar-refractivity contribution is 6.32. The van der Waals surface area contributed by atoms with Crippen LogP contribution >= 0.6 is 23.2 Å². The van der Waals surface area contributed by atoms with Gasteiger partial charge >= 0.3 is 0 Å². The summed E-state index contributed by atoms with van der Waals surface area (Å²) in [6, 6.07) is 20.3. The van der Waals surface area contributed by atoms with Crippen molar-refractivity contribution in [1.29, 1.82) is 5.26 Å². The monoisotopic (exact) mass is 450 g/mol. The third-order valence-corrected chi connectivity index (χ3v) is 5.62. The number of halogens is 2. The van der Waals surface area contributed by atoms with Gasteiger partial charge in [0.05, 0.1) is 7.11 Å². The van der Waals surface area contributed by atoms with Crippen LogP contribution in [0.5, 0.6) is 5.75 Å². The van der Waals surface area contributed by atoms with E-state index in [1.54, 1.807) is 38.3 Å². The Morgan fingerprint density at radius 1 is 1.06 bits per heavy atom. The summed E-state index contributed by atoms with van der Waals surface area (Å²) in [6.07, 6.45) is 2.13. The summed E-state index contributed by atoms with van der Waals surface area (Å²) in [5.41, 5.74) is 3.88. The molecule has 1 amide bonds. The Bertz CT molecular complexity index is 1200. The second-order valence-electron chi connectivity index (χ2n) is 6.88. The summed E-state index contributed by atoms with van der Waals surface area (Å²) in [6.45, 7) is 1.80. The van der Waals surface area contributed by atoms with Crippen molar-refractivity contribution >= 4 is 40.9 Å². The maximum atomic E-state index is 12.6. The van der Waals surface area contributed by atoms with Crippen molar-refractivity contribution in [3.63, 3.8) is 0 Å². The van der Waals surface area contributed by atoms with Crippen LogP contribution in [-0.4, -0.2) is 13.0 Å². The Morgan fingerprint density at radius 3 is 2.52 bits per heavy atom. The fourth-order valence-electron chi connectivity index (χ4n) is 3.09. The first-order valence-electron chi connectivity index (χ1n) is 9.51. The third-order valence-electron chi connectivity index (χ3n) is 4.84. The summed E-state index contributed by atoms with van der Waals surface area (Å²) in [7, 11) is 1.58. The van der Waals surface area contributed by atoms with Crippen LogP contribution in [0.2, 0.25) is 10.0 Å².